The highest BCUT2D eigenvalue weighted by Gasteiger charge is 2.57. The Kier molecular flexibility index (Phi) is 7.16. The predicted molar refractivity (Wildman–Crippen MR) is 150 cm³/mol. The normalized spacial score (nSPS) is 33.3. The first-order valence-corrected chi connectivity index (χ1v) is 15.3. The fourth-order valence-electron chi connectivity index (χ4n) is 7.78. The Labute approximate surface area is 240 Å². The average Bonchev–Trinajstić information content (AvgIpc) is 3.29. The van der Waals surface area contributed by atoms with E-state index in [0.717, 1.165) is 37.7 Å². The van der Waals surface area contributed by atoms with Crippen molar-refractivity contribution in [3.63, 3.8) is 0 Å². The van der Waals surface area contributed by atoms with Crippen LogP contribution in [0.3, 0.4) is 0 Å². The van der Waals surface area contributed by atoms with E-state index in [1.807, 2.05) is 24.0 Å². The van der Waals surface area contributed by atoms with E-state index in [9.17, 15) is 14.4 Å². The van der Waals surface area contributed by atoms with Crippen molar-refractivity contribution in [2.24, 2.45) is 23.2 Å². The van der Waals surface area contributed by atoms with E-state index in [1.54, 1.807) is 18.0 Å². The van der Waals surface area contributed by atoms with Crippen LogP contribution in [0.4, 0.5) is 4.79 Å². The van der Waals surface area contributed by atoms with E-state index < -0.39 is 11.6 Å². The molecule has 2 saturated heterocycles. The number of halogens is 2. The summed E-state index contributed by atoms with van der Waals surface area (Å²) in [6, 6.07) is 5.47. The maximum absolute atomic E-state index is 14.6. The second-order valence-electron chi connectivity index (χ2n) is 12.9. The van der Waals surface area contributed by atoms with Crippen molar-refractivity contribution in [2.45, 2.75) is 75.9 Å². The molecule has 7 nitrogen and oxygen atoms in total. The molecular weight excluding hydrogens is 537 g/mol. The van der Waals surface area contributed by atoms with Crippen LogP contribution in [0, 0.1) is 23.2 Å². The molecule has 39 heavy (non-hydrogen) atoms. The van der Waals surface area contributed by atoms with Crippen molar-refractivity contribution in [3.05, 3.63) is 33.8 Å². The molecule has 3 saturated carbocycles. The van der Waals surface area contributed by atoms with E-state index in [2.05, 4.69) is 5.32 Å². The summed E-state index contributed by atoms with van der Waals surface area (Å²) >= 11 is 12.6. The van der Waals surface area contributed by atoms with Gasteiger partial charge in [-0.3, -0.25) is 14.5 Å². The smallest absolute Gasteiger partial charge is 0.410 e. The summed E-state index contributed by atoms with van der Waals surface area (Å²) in [5.41, 5.74) is -0.460. The van der Waals surface area contributed by atoms with Crippen LogP contribution >= 0.6 is 23.2 Å². The highest BCUT2D eigenvalue weighted by Crippen LogP contribution is 2.48. The van der Waals surface area contributed by atoms with Gasteiger partial charge in [0.05, 0.1) is 10.0 Å². The van der Waals surface area contributed by atoms with Crippen molar-refractivity contribution < 1.29 is 19.1 Å². The van der Waals surface area contributed by atoms with Crippen LogP contribution in [0.2, 0.25) is 10.0 Å². The van der Waals surface area contributed by atoms with Gasteiger partial charge in [0.2, 0.25) is 5.91 Å². The highest BCUT2D eigenvalue weighted by atomic mass is 35.5. The van der Waals surface area contributed by atoms with Gasteiger partial charge in [-0.1, -0.05) is 36.2 Å². The number of fused-ring (bicyclic) bond motifs is 2. The second-order valence-corrected chi connectivity index (χ2v) is 13.7. The number of amides is 2. The zero-order valence-electron chi connectivity index (χ0n) is 22.9. The molecule has 2 bridgehead atoms. The Hall–Kier alpha value is -1.83. The van der Waals surface area contributed by atoms with Crippen molar-refractivity contribution in [3.8, 4) is 0 Å². The zero-order chi connectivity index (χ0) is 27.5. The van der Waals surface area contributed by atoms with Gasteiger partial charge in [-0.05, 0) is 80.9 Å². The summed E-state index contributed by atoms with van der Waals surface area (Å²) < 4.78 is 6.11. The molecule has 2 aliphatic heterocycles. The summed E-state index contributed by atoms with van der Waals surface area (Å²) in [6.45, 7) is 4.06. The Morgan fingerprint density at radius 3 is 2.41 bits per heavy atom. The molecule has 5 aliphatic rings. The minimum atomic E-state index is -1.12. The molecule has 9 heteroatoms. The molecule has 0 spiro atoms. The number of hydrogen-bond acceptors (Lipinski definition) is 5. The van der Waals surface area contributed by atoms with E-state index in [1.165, 1.54) is 6.42 Å². The predicted octanol–water partition coefficient (Wildman–Crippen LogP) is 5.28. The number of carbonyl (C=O) groups is 3. The number of likely N-dealkylation sites (tertiary alicyclic amines) is 1. The van der Waals surface area contributed by atoms with Crippen LogP contribution < -0.4 is 5.32 Å². The lowest BCUT2D eigenvalue weighted by atomic mass is 9.72. The summed E-state index contributed by atoms with van der Waals surface area (Å²) in [5.74, 6) is 0.788. The number of ether oxygens (including phenoxy) is 1. The van der Waals surface area contributed by atoms with E-state index in [-0.39, 0.29) is 35.0 Å². The number of likely N-dealkylation sites (N-methyl/N-ethyl adjacent to an activating group) is 1. The lowest BCUT2D eigenvalue weighted by molar-refractivity contribution is -0.142. The fraction of sp³-hybridized carbons (Fsp3) is 0.700. The van der Waals surface area contributed by atoms with Gasteiger partial charge < -0.3 is 15.0 Å². The number of ketones is 1. The number of carbonyl (C=O) groups excluding carboxylic acids is 3. The molecule has 2 heterocycles. The fourth-order valence-corrected chi connectivity index (χ4v) is 8.09. The quantitative estimate of drug-likeness (QED) is 0.499. The summed E-state index contributed by atoms with van der Waals surface area (Å²) in [6.07, 6.45) is 6.99. The molecule has 1 N–H and O–H groups in total. The van der Waals surface area contributed by atoms with Crippen molar-refractivity contribution >= 4 is 41.0 Å². The molecule has 0 unspecified atom stereocenters. The zero-order valence-corrected chi connectivity index (χ0v) is 24.4. The Morgan fingerprint density at radius 2 is 1.79 bits per heavy atom. The van der Waals surface area contributed by atoms with Crippen LogP contribution in [0.25, 0.3) is 0 Å². The molecule has 1 aromatic carbocycles. The lowest BCUT2D eigenvalue weighted by Crippen LogP contribution is -2.62. The van der Waals surface area contributed by atoms with Gasteiger partial charge in [-0.15, -0.1) is 0 Å². The first kappa shape index (κ1) is 27.3. The van der Waals surface area contributed by atoms with Gasteiger partial charge in [0.1, 0.15) is 11.6 Å². The Bertz CT molecular complexity index is 1160. The number of nitrogens with zero attached hydrogens (tertiary/aromatic N) is 2. The highest BCUT2D eigenvalue weighted by molar-refractivity contribution is 6.42. The third-order valence-corrected chi connectivity index (χ3v) is 11.3. The molecular formula is C30H39Cl2N3O4. The molecule has 3 aliphatic carbocycles. The minimum Gasteiger partial charge on any atom is -0.446 e. The Balaban J connectivity index is 1.26. The molecule has 5 atom stereocenters. The molecule has 1 aromatic rings. The third kappa shape index (κ3) is 4.76. The summed E-state index contributed by atoms with van der Waals surface area (Å²) in [4.78, 5) is 44.8. The molecule has 6 rings (SSSR count). The topological polar surface area (TPSA) is 79.0 Å². The lowest BCUT2D eigenvalue weighted by Gasteiger charge is -2.44. The van der Waals surface area contributed by atoms with Crippen LogP contribution in [0.15, 0.2) is 18.2 Å². The largest absolute Gasteiger partial charge is 0.446 e. The molecule has 212 valence electrons. The number of hydrogen-bond donors (Lipinski definition) is 1. The van der Waals surface area contributed by atoms with Gasteiger partial charge in [-0.25, -0.2) is 4.79 Å². The van der Waals surface area contributed by atoms with Gasteiger partial charge >= 0.3 is 6.09 Å². The molecule has 0 aromatic heterocycles. The minimum absolute atomic E-state index is 0.0423. The second kappa shape index (κ2) is 10.2. The maximum Gasteiger partial charge on any atom is 0.410 e. The van der Waals surface area contributed by atoms with Gasteiger partial charge in [-0.2, -0.15) is 0 Å². The first-order chi connectivity index (χ1) is 18.6. The average molecular weight is 577 g/mol. The van der Waals surface area contributed by atoms with Crippen molar-refractivity contribution in [2.75, 3.05) is 33.2 Å². The van der Waals surface area contributed by atoms with Gasteiger partial charge in [0.25, 0.3) is 0 Å². The van der Waals surface area contributed by atoms with Crippen molar-refractivity contribution in [1.82, 2.24) is 15.1 Å². The summed E-state index contributed by atoms with van der Waals surface area (Å²) in [5, 5.41) is 4.30. The van der Waals surface area contributed by atoms with Crippen LogP contribution in [-0.2, 0) is 14.3 Å². The number of nitrogens with one attached hydrogen (secondary N) is 1. The standard InChI is InChI=1S/C30H39Cl2N3O4/c1-29(9-10-29)27(37)35-11-7-19(8-12-35)26(36)30(17-33-16-22(30)20-5-6-23(31)24(32)15-20)34(2)28(38)39-25-14-18-3-4-21(25)13-18/h5-6,15,18-19,21-22,25,33H,3-4,7-14,16-17H2,1-2H3/t18-,21+,22-,25+,30+/m0/s1. The van der Waals surface area contributed by atoms with E-state index >= 15 is 0 Å². The molecule has 5 fully saturated rings. The maximum atomic E-state index is 14.6. The number of benzene rings is 1. The third-order valence-electron chi connectivity index (χ3n) is 10.6. The Morgan fingerprint density at radius 1 is 1.05 bits per heavy atom. The van der Waals surface area contributed by atoms with E-state index in [0.29, 0.717) is 60.9 Å². The van der Waals surface area contributed by atoms with Crippen molar-refractivity contribution in [1.29, 1.82) is 0 Å². The van der Waals surface area contributed by atoms with E-state index in [4.69, 9.17) is 27.9 Å². The van der Waals surface area contributed by atoms with Gasteiger partial charge in [0, 0.05) is 50.5 Å². The van der Waals surface area contributed by atoms with Gasteiger partial charge in [0.15, 0.2) is 5.78 Å². The number of rotatable bonds is 6. The van der Waals surface area contributed by atoms with Crippen LogP contribution in [-0.4, -0.2) is 72.5 Å². The SMILES string of the molecule is CN(C(=O)O[C@@H]1C[C@H]2CC[C@@H]1C2)[C@]1(C(=O)C2CCN(C(=O)C3(C)CC3)CC2)CNC[C@H]1c1ccc(Cl)c(Cl)c1. The van der Waals surface area contributed by atoms with Crippen LogP contribution in [0.5, 0.6) is 0 Å². The van der Waals surface area contributed by atoms with Crippen LogP contribution in [0.1, 0.15) is 69.8 Å². The monoisotopic (exact) mass is 575 g/mol. The number of Topliss-reactive ketones (excluding diaryl/α,β-unsaturated/α-hetero) is 1. The molecule has 2 amide bonds. The molecule has 0 radical (unpaired) electrons. The number of piperidine rings is 1. The summed E-state index contributed by atoms with van der Waals surface area (Å²) in [7, 11) is 1.72. The first-order valence-electron chi connectivity index (χ1n) is 14.6.